The lowest BCUT2D eigenvalue weighted by molar-refractivity contribution is 0.458. The summed E-state index contributed by atoms with van der Waals surface area (Å²) in [7, 11) is 0. The predicted octanol–water partition coefficient (Wildman–Crippen LogP) is 3.03. The van der Waals surface area contributed by atoms with Crippen LogP contribution < -0.4 is 10.5 Å². The highest BCUT2D eigenvalue weighted by atomic mass is 16.5. The highest BCUT2D eigenvalue weighted by Crippen LogP contribution is 2.23. The number of aryl methyl sites for hydroxylation is 3. The van der Waals surface area contributed by atoms with Gasteiger partial charge in [-0.1, -0.05) is 6.92 Å². The van der Waals surface area contributed by atoms with Gasteiger partial charge >= 0.3 is 0 Å². The van der Waals surface area contributed by atoms with E-state index in [0.717, 1.165) is 34.9 Å². The lowest BCUT2D eigenvalue weighted by Crippen LogP contribution is -1.98. The van der Waals surface area contributed by atoms with Crippen LogP contribution in [0.2, 0.25) is 0 Å². The molecule has 0 aliphatic carbocycles. The first kappa shape index (κ1) is 12.4. The number of hydrogen-bond donors (Lipinski definition) is 1. The van der Waals surface area contributed by atoms with Crippen LogP contribution in [-0.4, -0.2) is 9.97 Å². The Hall–Kier alpha value is -2.10. The van der Waals surface area contributed by atoms with Gasteiger partial charge in [0.2, 0.25) is 5.88 Å². The minimum Gasteiger partial charge on any atom is -0.439 e. The summed E-state index contributed by atoms with van der Waals surface area (Å²) >= 11 is 0. The van der Waals surface area contributed by atoms with Crippen molar-refractivity contribution in [3.8, 4) is 11.6 Å². The molecule has 0 saturated carbocycles. The predicted molar refractivity (Wildman–Crippen MR) is 71.8 cm³/mol. The first-order chi connectivity index (χ1) is 8.58. The number of benzene rings is 1. The second kappa shape index (κ2) is 5.04. The van der Waals surface area contributed by atoms with Gasteiger partial charge in [0.15, 0.2) is 0 Å². The van der Waals surface area contributed by atoms with Crippen molar-refractivity contribution in [3.05, 3.63) is 41.3 Å². The highest BCUT2D eigenvalue weighted by Gasteiger charge is 2.04. The van der Waals surface area contributed by atoms with Gasteiger partial charge in [-0.05, 0) is 44.0 Å². The minimum atomic E-state index is 0.573. The van der Waals surface area contributed by atoms with E-state index in [9.17, 15) is 0 Å². The first-order valence-corrected chi connectivity index (χ1v) is 5.97. The molecule has 0 aliphatic heterocycles. The van der Waals surface area contributed by atoms with Crippen molar-refractivity contribution >= 4 is 5.69 Å². The Morgan fingerprint density at radius 3 is 2.61 bits per heavy atom. The lowest BCUT2D eigenvalue weighted by Gasteiger charge is -2.08. The Balaban J connectivity index is 2.27. The number of rotatable bonds is 3. The second-order valence-corrected chi connectivity index (χ2v) is 4.22. The van der Waals surface area contributed by atoms with Crippen molar-refractivity contribution in [2.45, 2.75) is 27.2 Å². The van der Waals surface area contributed by atoms with Gasteiger partial charge < -0.3 is 10.5 Å². The maximum Gasteiger partial charge on any atom is 0.222 e. The van der Waals surface area contributed by atoms with Gasteiger partial charge in [0.25, 0.3) is 0 Å². The molecule has 0 spiro atoms. The fourth-order valence-corrected chi connectivity index (χ4v) is 1.67. The monoisotopic (exact) mass is 243 g/mol. The van der Waals surface area contributed by atoms with Gasteiger partial charge in [-0.15, -0.1) is 0 Å². The van der Waals surface area contributed by atoms with Crippen molar-refractivity contribution < 1.29 is 4.74 Å². The molecule has 4 nitrogen and oxygen atoms in total. The summed E-state index contributed by atoms with van der Waals surface area (Å²) < 4.78 is 5.73. The molecule has 0 atom stereocenters. The fourth-order valence-electron chi connectivity index (χ4n) is 1.67. The molecule has 94 valence electrons. The van der Waals surface area contributed by atoms with Crippen LogP contribution in [0.4, 0.5) is 5.69 Å². The van der Waals surface area contributed by atoms with Crippen molar-refractivity contribution in [2.24, 2.45) is 0 Å². The van der Waals surface area contributed by atoms with Crippen LogP contribution in [0.5, 0.6) is 11.6 Å². The van der Waals surface area contributed by atoms with E-state index < -0.39 is 0 Å². The number of aromatic nitrogens is 2. The first-order valence-electron chi connectivity index (χ1n) is 5.97. The Morgan fingerprint density at radius 2 is 1.94 bits per heavy atom. The number of nitrogens with two attached hydrogens (primary N) is 1. The third kappa shape index (κ3) is 2.77. The van der Waals surface area contributed by atoms with E-state index in [2.05, 4.69) is 16.9 Å². The van der Waals surface area contributed by atoms with E-state index in [1.807, 2.05) is 38.1 Å². The van der Waals surface area contributed by atoms with Gasteiger partial charge in [-0.25, -0.2) is 4.98 Å². The third-order valence-corrected chi connectivity index (χ3v) is 2.69. The zero-order chi connectivity index (χ0) is 13.1. The molecule has 1 aromatic heterocycles. The molecule has 2 N–H and O–H groups in total. The maximum absolute atomic E-state index is 5.77. The molecule has 2 aromatic rings. The smallest absolute Gasteiger partial charge is 0.222 e. The molecule has 0 unspecified atom stereocenters. The van der Waals surface area contributed by atoms with Gasteiger partial charge in [-0.3, -0.25) is 0 Å². The van der Waals surface area contributed by atoms with Gasteiger partial charge in [-0.2, -0.15) is 4.98 Å². The second-order valence-electron chi connectivity index (χ2n) is 4.22. The minimum absolute atomic E-state index is 0.573. The SMILES string of the molecule is CCc1cc(Oc2ccc(N)c(C)c2)nc(C)n1. The number of hydrogen-bond acceptors (Lipinski definition) is 4. The number of nitrogens with zero attached hydrogens (tertiary/aromatic N) is 2. The summed E-state index contributed by atoms with van der Waals surface area (Å²) in [4.78, 5) is 8.58. The molecule has 2 rings (SSSR count). The van der Waals surface area contributed by atoms with Crippen molar-refractivity contribution in [3.63, 3.8) is 0 Å². The summed E-state index contributed by atoms with van der Waals surface area (Å²) in [5, 5.41) is 0. The zero-order valence-corrected chi connectivity index (χ0v) is 10.9. The van der Waals surface area contributed by atoms with Crippen molar-refractivity contribution in [1.29, 1.82) is 0 Å². The van der Waals surface area contributed by atoms with E-state index in [1.165, 1.54) is 0 Å². The molecule has 0 saturated heterocycles. The number of anilines is 1. The summed E-state index contributed by atoms with van der Waals surface area (Å²) in [6.07, 6.45) is 0.862. The van der Waals surface area contributed by atoms with Crippen LogP contribution in [0.25, 0.3) is 0 Å². The summed E-state index contributed by atoms with van der Waals surface area (Å²) in [6.45, 7) is 5.87. The average Bonchev–Trinajstić information content (AvgIpc) is 2.33. The van der Waals surface area contributed by atoms with Crippen molar-refractivity contribution in [2.75, 3.05) is 5.73 Å². The Labute approximate surface area is 107 Å². The van der Waals surface area contributed by atoms with Gasteiger partial charge in [0, 0.05) is 17.4 Å². The summed E-state index contributed by atoms with van der Waals surface area (Å²) in [5.41, 5.74) is 8.50. The number of ether oxygens (including phenoxy) is 1. The Bertz CT molecular complexity index is 567. The standard InChI is InChI=1S/C14H17N3O/c1-4-11-8-14(17-10(3)16-11)18-12-5-6-13(15)9(2)7-12/h5-8H,4,15H2,1-3H3. The van der Waals surface area contributed by atoms with E-state index in [-0.39, 0.29) is 0 Å². The van der Waals surface area contributed by atoms with Crippen LogP contribution >= 0.6 is 0 Å². The Morgan fingerprint density at radius 1 is 1.17 bits per heavy atom. The normalized spacial score (nSPS) is 10.4. The van der Waals surface area contributed by atoms with E-state index in [0.29, 0.717) is 5.88 Å². The Kier molecular flexibility index (Phi) is 3.46. The van der Waals surface area contributed by atoms with Crippen molar-refractivity contribution in [1.82, 2.24) is 9.97 Å². The molecule has 18 heavy (non-hydrogen) atoms. The van der Waals surface area contributed by atoms with Gasteiger partial charge in [0.1, 0.15) is 11.6 Å². The van der Waals surface area contributed by atoms with Gasteiger partial charge in [0.05, 0.1) is 0 Å². The van der Waals surface area contributed by atoms with Crippen LogP contribution in [0.3, 0.4) is 0 Å². The molecule has 0 bridgehead atoms. The molecule has 0 amide bonds. The van der Waals surface area contributed by atoms with Crippen LogP contribution in [0.1, 0.15) is 24.0 Å². The molecular formula is C14H17N3O. The highest BCUT2D eigenvalue weighted by molar-refractivity contribution is 5.50. The molecular weight excluding hydrogens is 226 g/mol. The average molecular weight is 243 g/mol. The molecule has 1 aromatic carbocycles. The van der Waals surface area contributed by atoms with Crippen LogP contribution in [0, 0.1) is 13.8 Å². The molecule has 1 heterocycles. The van der Waals surface area contributed by atoms with E-state index in [4.69, 9.17) is 10.5 Å². The van der Waals surface area contributed by atoms with E-state index in [1.54, 1.807) is 0 Å². The number of nitrogen functional groups attached to an aromatic ring is 1. The maximum atomic E-state index is 5.77. The van der Waals surface area contributed by atoms with Crippen LogP contribution in [-0.2, 0) is 6.42 Å². The summed E-state index contributed by atoms with van der Waals surface area (Å²) in [6, 6.07) is 7.43. The lowest BCUT2D eigenvalue weighted by atomic mass is 10.2. The summed E-state index contributed by atoms with van der Waals surface area (Å²) in [5.74, 6) is 2.03. The zero-order valence-electron chi connectivity index (χ0n) is 10.9. The van der Waals surface area contributed by atoms with E-state index >= 15 is 0 Å². The molecule has 0 fully saturated rings. The third-order valence-electron chi connectivity index (χ3n) is 2.69. The quantitative estimate of drug-likeness (QED) is 0.842. The topological polar surface area (TPSA) is 61.0 Å². The molecule has 0 aliphatic rings. The molecule has 4 heteroatoms. The largest absolute Gasteiger partial charge is 0.439 e. The molecule has 0 radical (unpaired) electrons. The fraction of sp³-hybridized carbons (Fsp3) is 0.286. The van der Waals surface area contributed by atoms with Crippen LogP contribution in [0.15, 0.2) is 24.3 Å².